The van der Waals surface area contributed by atoms with Crippen LogP contribution in [0.3, 0.4) is 0 Å². The molecule has 6 heteroatoms. The Hall–Kier alpha value is -2.99. The lowest BCUT2D eigenvalue weighted by molar-refractivity contribution is 0.102. The Morgan fingerprint density at radius 3 is 2.62 bits per heavy atom. The van der Waals surface area contributed by atoms with Gasteiger partial charge in [0.2, 0.25) is 0 Å². The molecule has 0 saturated heterocycles. The highest BCUT2D eigenvalue weighted by molar-refractivity contribution is 9.10. The summed E-state index contributed by atoms with van der Waals surface area (Å²) >= 11 is 3.27. The van der Waals surface area contributed by atoms with Crippen LogP contribution in [0.15, 0.2) is 77.4 Å². The first-order valence-corrected chi connectivity index (χ1v) is 8.72. The summed E-state index contributed by atoms with van der Waals surface area (Å²) in [5.74, 6) is -0.622. The van der Waals surface area contributed by atoms with Gasteiger partial charge in [0.25, 0.3) is 5.91 Å². The molecule has 0 unspecified atom stereocenters. The van der Waals surface area contributed by atoms with Gasteiger partial charge in [-0.15, -0.1) is 0 Å². The van der Waals surface area contributed by atoms with Gasteiger partial charge in [-0.1, -0.05) is 52.3 Å². The molecule has 2 heterocycles. The fraction of sp³-hybridized carbons (Fsp3) is 0. The molecule has 0 spiro atoms. The van der Waals surface area contributed by atoms with E-state index in [1.807, 2.05) is 54.7 Å². The van der Waals surface area contributed by atoms with Crippen molar-refractivity contribution < 1.29 is 9.18 Å². The maximum Gasteiger partial charge on any atom is 0.259 e. The molecule has 0 aliphatic carbocycles. The number of halogens is 2. The highest BCUT2D eigenvalue weighted by Crippen LogP contribution is 2.29. The van der Waals surface area contributed by atoms with Gasteiger partial charge in [0, 0.05) is 16.2 Å². The molecule has 4 nitrogen and oxygen atoms in total. The molecule has 0 bridgehead atoms. The van der Waals surface area contributed by atoms with Crippen LogP contribution in [-0.2, 0) is 0 Å². The number of imidazole rings is 1. The van der Waals surface area contributed by atoms with Crippen molar-refractivity contribution in [1.82, 2.24) is 9.38 Å². The largest absolute Gasteiger partial charge is 0.306 e. The molecule has 1 amide bonds. The van der Waals surface area contributed by atoms with Crippen LogP contribution in [-0.4, -0.2) is 15.3 Å². The van der Waals surface area contributed by atoms with Crippen molar-refractivity contribution in [2.24, 2.45) is 0 Å². The summed E-state index contributed by atoms with van der Waals surface area (Å²) in [7, 11) is 0. The van der Waals surface area contributed by atoms with E-state index >= 15 is 0 Å². The number of hydrogen-bond acceptors (Lipinski definition) is 2. The Labute approximate surface area is 157 Å². The van der Waals surface area contributed by atoms with Gasteiger partial charge in [-0.2, -0.15) is 0 Å². The normalized spacial score (nSPS) is 10.8. The number of benzene rings is 2. The minimum absolute atomic E-state index is 0.0377. The van der Waals surface area contributed by atoms with Crippen molar-refractivity contribution in [2.45, 2.75) is 0 Å². The monoisotopic (exact) mass is 409 g/mol. The predicted molar refractivity (Wildman–Crippen MR) is 103 cm³/mol. The van der Waals surface area contributed by atoms with Gasteiger partial charge >= 0.3 is 0 Å². The number of pyridine rings is 1. The predicted octanol–water partition coefficient (Wildman–Crippen LogP) is 5.16. The molecule has 0 aliphatic heterocycles. The first-order valence-electron chi connectivity index (χ1n) is 7.92. The highest BCUT2D eigenvalue weighted by atomic mass is 79.9. The first kappa shape index (κ1) is 16.5. The lowest BCUT2D eigenvalue weighted by Crippen LogP contribution is -2.15. The zero-order valence-electron chi connectivity index (χ0n) is 13.5. The average Bonchev–Trinajstić information content (AvgIpc) is 3.03. The van der Waals surface area contributed by atoms with E-state index in [0.29, 0.717) is 21.6 Å². The van der Waals surface area contributed by atoms with E-state index in [0.717, 1.165) is 5.56 Å². The Morgan fingerprint density at radius 1 is 1.04 bits per heavy atom. The molecule has 128 valence electrons. The Bertz CT molecular complexity index is 1110. The third kappa shape index (κ3) is 2.99. The average molecular weight is 410 g/mol. The smallest absolute Gasteiger partial charge is 0.259 e. The van der Waals surface area contributed by atoms with Gasteiger partial charge in [-0.25, -0.2) is 9.37 Å². The second-order valence-corrected chi connectivity index (χ2v) is 6.60. The second-order valence-electron chi connectivity index (χ2n) is 5.68. The number of amides is 1. The number of aromatic nitrogens is 2. The molecule has 0 aliphatic rings. The number of carbonyl (C=O) groups is 1. The molecule has 0 atom stereocenters. The molecular formula is C20H13BrFN3O. The molecule has 0 radical (unpaired) electrons. The van der Waals surface area contributed by atoms with E-state index in [-0.39, 0.29) is 5.56 Å². The summed E-state index contributed by atoms with van der Waals surface area (Å²) in [6.45, 7) is 0. The number of carbonyl (C=O) groups excluding carboxylic acids is 1. The zero-order valence-corrected chi connectivity index (χ0v) is 15.1. The lowest BCUT2D eigenvalue weighted by Gasteiger charge is -2.09. The van der Waals surface area contributed by atoms with Gasteiger partial charge in [0.1, 0.15) is 23.0 Å². The van der Waals surface area contributed by atoms with Gasteiger partial charge in [-0.3, -0.25) is 9.20 Å². The number of anilines is 1. The van der Waals surface area contributed by atoms with Gasteiger partial charge < -0.3 is 5.32 Å². The van der Waals surface area contributed by atoms with Gasteiger partial charge in [0.05, 0.1) is 5.56 Å². The molecular weight excluding hydrogens is 397 g/mol. The molecule has 0 fully saturated rings. The maximum atomic E-state index is 14.1. The fourth-order valence-corrected chi connectivity index (χ4v) is 3.12. The summed E-state index contributed by atoms with van der Waals surface area (Å²) in [4.78, 5) is 17.3. The summed E-state index contributed by atoms with van der Waals surface area (Å²) in [6.07, 6.45) is 1.81. The van der Waals surface area contributed by atoms with Gasteiger partial charge in [-0.05, 0) is 30.3 Å². The minimum Gasteiger partial charge on any atom is -0.306 e. The highest BCUT2D eigenvalue weighted by Gasteiger charge is 2.19. The number of hydrogen-bond donors (Lipinski definition) is 1. The molecule has 26 heavy (non-hydrogen) atoms. The van der Waals surface area contributed by atoms with Crippen LogP contribution in [0.2, 0.25) is 0 Å². The summed E-state index contributed by atoms with van der Waals surface area (Å²) in [5, 5.41) is 2.82. The van der Waals surface area contributed by atoms with Gasteiger partial charge in [0.15, 0.2) is 0 Å². The van der Waals surface area contributed by atoms with Crippen LogP contribution in [0.5, 0.6) is 0 Å². The number of fused-ring (bicyclic) bond motifs is 1. The number of nitrogens with one attached hydrogen (secondary N) is 1. The first-order chi connectivity index (χ1) is 12.6. The van der Waals surface area contributed by atoms with E-state index in [9.17, 15) is 9.18 Å². The second kappa shape index (κ2) is 6.72. The van der Waals surface area contributed by atoms with Crippen molar-refractivity contribution in [3.8, 4) is 11.3 Å². The van der Waals surface area contributed by atoms with Crippen LogP contribution < -0.4 is 5.32 Å². The molecule has 0 saturated carbocycles. The molecule has 4 aromatic rings. The number of rotatable bonds is 3. The van der Waals surface area contributed by atoms with Crippen LogP contribution in [0, 0.1) is 5.82 Å². The van der Waals surface area contributed by atoms with E-state index in [2.05, 4.69) is 26.2 Å². The van der Waals surface area contributed by atoms with E-state index in [1.54, 1.807) is 10.5 Å². The molecule has 2 aromatic carbocycles. The van der Waals surface area contributed by atoms with Crippen molar-refractivity contribution in [2.75, 3.05) is 5.32 Å². The van der Waals surface area contributed by atoms with E-state index in [4.69, 9.17) is 0 Å². The van der Waals surface area contributed by atoms with Crippen molar-refractivity contribution in [3.05, 3.63) is 88.8 Å². The van der Waals surface area contributed by atoms with E-state index in [1.165, 1.54) is 12.1 Å². The standard InChI is InChI=1S/C20H13BrFN3O/c21-14-9-10-16(22)15(12-14)20(26)24-19-18(13-6-2-1-3-7-13)23-17-8-4-5-11-25(17)19/h1-12H,(H,24,26). The summed E-state index contributed by atoms with van der Waals surface area (Å²) in [6, 6.07) is 19.4. The topological polar surface area (TPSA) is 46.4 Å². The summed E-state index contributed by atoms with van der Waals surface area (Å²) in [5.41, 5.74) is 2.14. The quantitative estimate of drug-likeness (QED) is 0.508. The number of nitrogens with zero attached hydrogens (tertiary/aromatic N) is 2. The Kier molecular flexibility index (Phi) is 4.26. The SMILES string of the molecule is O=C(Nc1c(-c2ccccc2)nc2ccccn12)c1cc(Br)ccc1F. The maximum absolute atomic E-state index is 14.1. The Balaban J connectivity index is 1.83. The van der Waals surface area contributed by atoms with Crippen LogP contribution in [0.1, 0.15) is 10.4 Å². The van der Waals surface area contributed by atoms with Crippen molar-refractivity contribution in [1.29, 1.82) is 0 Å². The van der Waals surface area contributed by atoms with Crippen molar-refractivity contribution >= 4 is 33.3 Å². The summed E-state index contributed by atoms with van der Waals surface area (Å²) < 4.78 is 16.5. The van der Waals surface area contributed by atoms with Crippen molar-refractivity contribution in [3.63, 3.8) is 0 Å². The zero-order chi connectivity index (χ0) is 18.1. The van der Waals surface area contributed by atoms with Crippen LogP contribution >= 0.6 is 15.9 Å². The van der Waals surface area contributed by atoms with Crippen LogP contribution in [0.4, 0.5) is 10.2 Å². The fourth-order valence-electron chi connectivity index (χ4n) is 2.76. The van der Waals surface area contributed by atoms with Crippen LogP contribution in [0.25, 0.3) is 16.9 Å². The third-order valence-electron chi connectivity index (χ3n) is 3.98. The lowest BCUT2D eigenvalue weighted by atomic mass is 10.1. The third-order valence-corrected chi connectivity index (χ3v) is 4.48. The molecule has 1 N–H and O–H groups in total. The molecule has 4 rings (SSSR count). The minimum atomic E-state index is -0.583. The Morgan fingerprint density at radius 2 is 1.81 bits per heavy atom. The molecule has 2 aromatic heterocycles. The van der Waals surface area contributed by atoms with E-state index < -0.39 is 11.7 Å².